The number of nitrogens with zero attached hydrogens (tertiary/aromatic N) is 1. The van der Waals surface area contributed by atoms with Gasteiger partial charge in [-0.1, -0.05) is 36.7 Å². The number of hydrogen-bond donors (Lipinski definition) is 0. The highest BCUT2D eigenvalue weighted by molar-refractivity contribution is 6.55. The van der Waals surface area contributed by atoms with Crippen molar-refractivity contribution in [3.8, 4) is 5.75 Å². The second-order valence-electron chi connectivity index (χ2n) is 4.57. The third-order valence-electron chi connectivity index (χ3n) is 3.04. The van der Waals surface area contributed by atoms with Crippen molar-refractivity contribution in [3.63, 3.8) is 0 Å². The number of imide groups is 1. The molecular weight excluding hydrogens is 290 g/mol. The van der Waals surface area contributed by atoms with E-state index in [0.717, 1.165) is 17.1 Å². The topological polar surface area (TPSA) is 46.6 Å². The van der Waals surface area contributed by atoms with Gasteiger partial charge in [-0.25, -0.2) is 0 Å². The van der Waals surface area contributed by atoms with E-state index in [0.29, 0.717) is 12.2 Å². The fourth-order valence-electron chi connectivity index (χ4n) is 2.03. The molecule has 2 rings (SSSR count). The maximum atomic E-state index is 12.3. The van der Waals surface area contributed by atoms with Gasteiger partial charge in [0.25, 0.3) is 11.8 Å². The lowest BCUT2D eigenvalue weighted by molar-refractivity contribution is -0.135. The molecule has 0 fully saturated rings. The minimum Gasteiger partial charge on any atom is -0.494 e. The Morgan fingerprint density at radius 1 is 1.24 bits per heavy atom. The Morgan fingerprint density at radius 2 is 1.90 bits per heavy atom. The third-order valence-corrected chi connectivity index (χ3v) is 3.39. The average molecular weight is 306 g/mol. The summed E-state index contributed by atoms with van der Waals surface area (Å²) in [4.78, 5) is 25.3. The van der Waals surface area contributed by atoms with Gasteiger partial charge in [-0.05, 0) is 24.1 Å². The van der Waals surface area contributed by atoms with E-state index in [1.165, 1.54) is 6.08 Å². The van der Waals surface area contributed by atoms with E-state index in [9.17, 15) is 9.59 Å². The molecule has 1 aliphatic rings. The van der Waals surface area contributed by atoms with Crippen molar-refractivity contribution in [1.82, 2.24) is 4.90 Å². The maximum Gasteiger partial charge on any atom is 0.273 e. The van der Waals surface area contributed by atoms with Crippen LogP contribution in [0.3, 0.4) is 0 Å². The first-order valence-electron chi connectivity index (χ1n) is 6.70. The summed E-state index contributed by atoms with van der Waals surface area (Å²) in [5.74, 6) is -0.160. The standard InChI is InChI=1S/C16H16ClNO3/c1-3-9-18-15(19)13(14(17)16(18)20)11-5-7-12(8-6-11)21-10-4-2/h3,5-8H,1,4,9-10H2,2H3. The molecule has 1 aliphatic heterocycles. The van der Waals surface area contributed by atoms with Crippen LogP contribution < -0.4 is 4.74 Å². The third kappa shape index (κ3) is 3.00. The largest absolute Gasteiger partial charge is 0.494 e. The van der Waals surface area contributed by atoms with Gasteiger partial charge in [-0.3, -0.25) is 14.5 Å². The fraction of sp³-hybridized carbons (Fsp3) is 0.250. The molecular formula is C16H16ClNO3. The number of benzene rings is 1. The normalized spacial score (nSPS) is 14.9. The highest BCUT2D eigenvalue weighted by Gasteiger charge is 2.37. The van der Waals surface area contributed by atoms with Crippen LogP contribution in [0.15, 0.2) is 42.0 Å². The molecule has 0 radical (unpaired) electrons. The summed E-state index contributed by atoms with van der Waals surface area (Å²) in [6, 6.07) is 6.97. The number of hydrogen-bond acceptors (Lipinski definition) is 3. The number of amides is 2. The second-order valence-corrected chi connectivity index (χ2v) is 4.95. The number of halogens is 1. The first kappa shape index (κ1) is 15.3. The molecule has 0 atom stereocenters. The zero-order valence-electron chi connectivity index (χ0n) is 11.8. The smallest absolute Gasteiger partial charge is 0.273 e. The van der Waals surface area contributed by atoms with Gasteiger partial charge in [0.05, 0.1) is 12.2 Å². The van der Waals surface area contributed by atoms with Gasteiger partial charge in [0.1, 0.15) is 10.8 Å². The molecule has 21 heavy (non-hydrogen) atoms. The molecule has 110 valence electrons. The molecule has 0 bridgehead atoms. The van der Waals surface area contributed by atoms with Crippen molar-refractivity contribution >= 4 is 29.0 Å². The summed E-state index contributed by atoms with van der Waals surface area (Å²) in [6.45, 7) is 6.34. The Labute approximate surface area is 128 Å². The Kier molecular flexibility index (Phi) is 4.81. The van der Waals surface area contributed by atoms with E-state index in [2.05, 4.69) is 6.58 Å². The Bertz CT molecular complexity index is 604. The van der Waals surface area contributed by atoms with Crippen molar-refractivity contribution < 1.29 is 14.3 Å². The van der Waals surface area contributed by atoms with Gasteiger partial charge in [0.15, 0.2) is 0 Å². The molecule has 1 heterocycles. The summed E-state index contributed by atoms with van der Waals surface area (Å²) < 4.78 is 5.48. The minimum absolute atomic E-state index is 0.0518. The van der Waals surface area contributed by atoms with E-state index < -0.39 is 11.8 Å². The predicted molar refractivity (Wildman–Crippen MR) is 81.9 cm³/mol. The van der Waals surface area contributed by atoms with Crippen LogP contribution in [-0.4, -0.2) is 29.9 Å². The van der Waals surface area contributed by atoms with Crippen LogP contribution in [0.1, 0.15) is 18.9 Å². The predicted octanol–water partition coefficient (Wildman–Crippen LogP) is 2.98. The molecule has 4 nitrogen and oxygen atoms in total. The number of ether oxygens (including phenoxy) is 1. The van der Waals surface area contributed by atoms with E-state index in [4.69, 9.17) is 16.3 Å². The van der Waals surface area contributed by atoms with Crippen molar-refractivity contribution in [1.29, 1.82) is 0 Å². The zero-order valence-corrected chi connectivity index (χ0v) is 12.5. The molecule has 0 saturated carbocycles. The second kappa shape index (κ2) is 6.59. The van der Waals surface area contributed by atoms with Crippen LogP contribution in [0.25, 0.3) is 5.57 Å². The van der Waals surface area contributed by atoms with Gasteiger partial charge in [0, 0.05) is 6.54 Å². The lowest BCUT2D eigenvalue weighted by atomic mass is 10.1. The molecule has 1 aromatic carbocycles. The molecule has 5 heteroatoms. The molecule has 0 N–H and O–H groups in total. The van der Waals surface area contributed by atoms with E-state index in [-0.39, 0.29) is 17.2 Å². The summed E-state index contributed by atoms with van der Waals surface area (Å²) in [7, 11) is 0. The lowest BCUT2D eigenvalue weighted by Crippen LogP contribution is -2.31. The quantitative estimate of drug-likeness (QED) is 0.599. The van der Waals surface area contributed by atoms with E-state index in [1.54, 1.807) is 24.3 Å². The number of carbonyl (C=O) groups is 2. The van der Waals surface area contributed by atoms with Crippen LogP contribution in [0.4, 0.5) is 0 Å². The molecule has 2 amide bonds. The van der Waals surface area contributed by atoms with Crippen LogP contribution in [-0.2, 0) is 9.59 Å². The lowest BCUT2D eigenvalue weighted by Gasteiger charge is -2.11. The summed E-state index contributed by atoms with van der Waals surface area (Å²) >= 11 is 6.01. The molecule has 0 saturated heterocycles. The number of rotatable bonds is 6. The van der Waals surface area contributed by atoms with Crippen molar-refractivity contribution in [3.05, 3.63) is 47.5 Å². The molecule has 0 spiro atoms. The van der Waals surface area contributed by atoms with Crippen molar-refractivity contribution in [2.45, 2.75) is 13.3 Å². The van der Waals surface area contributed by atoms with Crippen LogP contribution in [0.5, 0.6) is 5.75 Å². The van der Waals surface area contributed by atoms with Crippen molar-refractivity contribution in [2.24, 2.45) is 0 Å². The maximum absolute atomic E-state index is 12.3. The molecule has 1 aromatic rings. The molecule has 0 aromatic heterocycles. The summed E-state index contributed by atoms with van der Waals surface area (Å²) in [6.07, 6.45) is 2.41. The highest BCUT2D eigenvalue weighted by Crippen LogP contribution is 2.32. The highest BCUT2D eigenvalue weighted by atomic mass is 35.5. The van der Waals surface area contributed by atoms with E-state index >= 15 is 0 Å². The van der Waals surface area contributed by atoms with Gasteiger partial charge >= 0.3 is 0 Å². The minimum atomic E-state index is -0.483. The zero-order chi connectivity index (χ0) is 15.4. The molecule has 0 aliphatic carbocycles. The van der Waals surface area contributed by atoms with Crippen LogP contribution >= 0.6 is 11.6 Å². The monoisotopic (exact) mass is 305 g/mol. The first-order valence-corrected chi connectivity index (χ1v) is 7.08. The summed E-state index contributed by atoms with van der Waals surface area (Å²) in [5, 5.41) is -0.0518. The van der Waals surface area contributed by atoms with Gasteiger partial charge in [0.2, 0.25) is 0 Å². The van der Waals surface area contributed by atoms with Crippen molar-refractivity contribution in [2.75, 3.05) is 13.2 Å². The Hall–Kier alpha value is -2.07. The van der Waals surface area contributed by atoms with E-state index in [1.807, 2.05) is 6.92 Å². The number of carbonyl (C=O) groups excluding carboxylic acids is 2. The molecule has 0 unspecified atom stereocenters. The summed E-state index contributed by atoms with van der Waals surface area (Å²) in [5.41, 5.74) is 0.833. The van der Waals surface area contributed by atoms with Crippen LogP contribution in [0.2, 0.25) is 0 Å². The Morgan fingerprint density at radius 3 is 2.48 bits per heavy atom. The SMILES string of the molecule is C=CCN1C(=O)C(Cl)=C(c2ccc(OCCC)cc2)C1=O. The van der Waals surface area contributed by atoms with Gasteiger partial charge in [-0.2, -0.15) is 0 Å². The fourth-order valence-corrected chi connectivity index (χ4v) is 2.32. The van der Waals surface area contributed by atoms with Crippen LogP contribution in [0, 0.1) is 0 Å². The van der Waals surface area contributed by atoms with Gasteiger partial charge < -0.3 is 4.74 Å². The first-order chi connectivity index (χ1) is 10.1. The Balaban J connectivity index is 2.26. The van der Waals surface area contributed by atoms with Gasteiger partial charge in [-0.15, -0.1) is 6.58 Å². The average Bonchev–Trinajstić information content (AvgIpc) is 2.70.